The lowest BCUT2D eigenvalue weighted by Crippen LogP contribution is -2.27. The normalized spacial score (nSPS) is 11.5. The Balaban J connectivity index is 2.44. The second kappa shape index (κ2) is 6.78. The molecular weight excluding hydrogens is 238 g/mol. The maximum absolute atomic E-state index is 11.3. The van der Waals surface area contributed by atoms with E-state index in [0.29, 0.717) is 12.1 Å². The molecule has 102 valence electrons. The van der Waals surface area contributed by atoms with Crippen molar-refractivity contribution in [2.45, 2.75) is 26.9 Å². The van der Waals surface area contributed by atoms with Crippen LogP contribution in [0.4, 0.5) is 0 Å². The van der Waals surface area contributed by atoms with E-state index in [2.05, 4.69) is 18.5 Å². The van der Waals surface area contributed by atoms with Crippen molar-refractivity contribution in [2.75, 3.05) is 6.54 Å². The second-order valence-corrected chi connectivity index (χ2v) is 4.72. The second-order valence-electron chi connectivity index (χ2n) is 4.72. The molecule has 1 aromatic rings. The molecule has 0 saturated heterocycles. The van der Waals surface area contributed by atoms with Gasteiger partial charge < -0.3 is 10.1 Å². The summed E-state index contributed by atoms with van der Waals surface area (Å²) in [6, 6.07) is 8.09. The first-order chi connectivity index (χ1) is 8.90. The lowest BCUT2D eigenvalue weighted by Gasteiger charge is -2.16. The van der Waals surface area contributed by atoms with Gasteiger partial charge in [-0.1, -0.05) is 43.0 Å². The third-order valence-corrected chi connectivity index (χ3v) is 2.66. The Labute approximate surface area is 115 Å². The van der Waals surface area contributed by atoms with Crippen molar-refractivity contribution >= 4 is 11.7 Å². The molecule has 0 aromatic heterocycles. The summed E-state index contributed by atoms with van der Waals surface area (Å²) in [7, 11) is 0. The van der Waals surface area contributed by atoms with Gasteiger partial charge in [-0.25, -0.2) is 4.79 Å². The zero-order valence-electron chi connectivity index (χ0n) is 11.8. The fourth-order valence-corrected chi connectivity index (χ4v) is 1.45. The molecule has 1 N–H and O–H groups in total. The third-order valence-electron chi connectivity index (χ3n) is 2.66. The number of hydrogen-bond acceptors (Lipinski definition) is 3. The molecule has 1 atom stereocenters. The van der Waals surface area contributed by atoms with Crippen LogP contribution in [0.2, 0.25) is 0 Å². The molecule has 0 radical (unpaired) electrons. The smallest absolute Gasteiger partial charge is 0.333 e. The zero-order valence-corrected chi connectivity index (χ0v) is 11.8. The van der Waals surface area contributed by atoms with E-state index in [1.807, 2.05) is 38.1 Å². The molecule has 1 unspecified atom stereocenters. The van der Waals surface area contributed by atoms with Crippen LogP contribution in [-0.2, 0) is 9.53 Å². The molecule has 3 heteroatoms. The Hall–Kier alpha value is -2.03. The minimum atomic E-state index is -0.366. The maximum Gasteiger partial charge on any atom is 0.333 e. The summed E-state index contributed by atoms with van der Waals surface area (Å²) in [6.07, 6.45) is -0.230. The van der Waals surface area contributed by atoms with E-state index in [1.165, 1.54) is 5.56 Å². The van der Waals surface area contributed by atoms with E-state index in [-0.39, 0.29) is 12.1 Å². The van der Waals surface area contributed by atoms with Crippen LogP contribution in [0.5, 0.6) is 0 Å². The van der Waals surface area contributed by atoms with E-state index >= 15 is 0 Å². The third kappa shape index (κ3) is 5.00. The average molecular weight is 259 g/mol. The highest BCUT2D eigenvalue weighted by Gasteiger charge is 2.10. The molecule has 3 nitrogen and oxygen atoms in total. The van der Waals surface area contributed by atoms with Gasteiger partial charge >= 0.3 is 5.97 Å². The van der Waals surface area contributed by atoms with Gasteiger partial charge in [-0.2, -0.15) is 0 Å². The number of benzene rings is 1. The van der Waals surface area contributed by atoms with Crippen LogP contribution >= 0.6 is 0 Å². The molecule has 0 spiro atoms. The lowest BCUT2D eigenvalue weighted by atomic mass is 10.1. The van der Waals surface area contributed by atoms with Crippen molar-refractivity contribution in [3.63, 3.8) is 0 Å². The SMILES string of the molecule is C=C(C)C(=O)OC(C)CNC(=C)c1ccc(C)cc1. The van der Waals surface area contributed by atoms with E-state index in [1.54, 1.807) is 6.92 Å². The topological polar surface area (TPSA) is 38.3 Å². The van der Waals surface area contributed by atoms with Gasteiger partial charge in [0.15, 0.2) is 0 Å². The van der Waals surface area contributed by atoms with E-state index < -0.39 is 0 Å². The fourth-order valence-electron chi connectivity index (χ4n) is 1.45. The summed E-state index contributed by atoms with van der Waals surface area (Å²) in [5.74, 6) is -0.366. The van der Waals surface area contributed by atoms with Crippen molar-refractivity contribution in [1.29, 1.82) is 0 Å². The monoisotopic (exact) mass is 259 g/mol. The van der Waals surface area contributed by atoms with Crippen LogP contribution in [-0.4, -0.2) is 18.6 Å². The number of rotatable bonds is 6. The Morgan fingerprint density at radius 2 is 1.89 bits per heavy atom. The lowest BCUT2D eigenvalue weighted by molar-refractivity contribution is -0.143. The Kier molecular flexibility index (Phi) is 5.37. The number of aryl methyl sites for hydroxylation is 1. The maximum atomic E-state index is 11.3. The molecule has 0 aliphatic heterocycles. The average Bonchev–Trinajstić information content (AvgIpc) is 2.36. The van der Waals surface area contributed by atoms with Gasteiger partial charge in [-0.3, -0.25) is 0 Å². The van der Waals surface area contributed by atoms with Crippen molar-refractivity contribution in [2.24, 2.45) is 0 Å². The number of esters is 1. The van der Waals surface area contributed by atoms with Gasteiger partial charge in [0, 0.05) is 11.3 Å². The quantitative estimate of drug-likeness (QED) is 0.630. The van der Waals surface area contributed by atoms with E-state index in [4.69, 9.17) is 4.74 Å². The van der Waals surface area contributed by atoms with Crippen LogP contribution in [0.25, 0.3) is 5.70 Å². The molecule has 0 saturated carbocycles. The van der Waals surface area contributed by atoms with Crippen LogP contribution in [0.15, 0.2) is 43.0 Å². The first-order valence-corrected chi connectivity index (χ1v) is 6.26. The summed E-state index contributed by atoms with van der Waals surface area (Å²) in [4.78, 5) is 11.3. The minimum absolute atomic E-state index is 0.230. The molecule has 0 heterocycles. The largest absolute Gasteiger partial charge is 0.457 e. The molecule has 0 fully saturated rings. The van der Waals surface area contributed by atoms with Gasteiger partial charge in [0.2, 0.25) is 0 Å². The first-order valence-electron chi connectivity index (χ1n) is 6.26. The van der Waals surface area contributed by atoms with E-state index in [0.717, 1.165) is 11.3 Å². The van der Waals surface area contributed by atoms with E-state index in [9.17, 15) is 4.79 Å². The zero-order chi connectivity index (χ0) is 14.4. The molecule has 0 aliphatic carbocycles. The molecular formula is C16H21NO2. The number of nitrogens with one attached hydrogen (secondary N) is 1. The predicted octanol–water partition coefficient (Wildman–Crippen LogP) is 3.06. The van der Waals surface area contributed by atoms with Gasteiger partial charge in [-0.05, 0) is 26.3 Å². The van der Waals surface area contributed by atoms with Crippen molar-refractivity contribution in [3.05, 3.63) is 54.1 Å². The molecule has 19 heavy (non-hydrogen) atoms. The van der Waals surface area contributed by atoms with Crippen LogP contribution in [0.3, 0.4) is 0 Å². The molecule has 1 rings (SSSR count). The summed E-state index contributed by atoms with van der Waals surface area (Å²) < 4.78 is 5.18. The first kappa shape index (κ1) is 15.0. The highest BCUT2D eigenvalue weighted by molar-refractivity contribution is 5.87. The predicted molar refractivity (Wildman–Crippen MR) is 78.6 cm³/mol. The molecule has 0 bridgehead atoms. The van der Waals surface area contributed by atoms with Gasteiger partial charge in [-0.15, -0.1) is 0 Å². The highest BCUT2D eigenvalue weighted by atomic mass is 16.5. The van der Waals surface area contributed by atoms with Crippen molar-refractivity contribution < 1.29 is 9.53 Å². The van der Waals surface area contributed by atoms with Gasteiger partial charge in [0.05, 0.1) is 6.54 Å². The van der Waals surface area contributed by atoms with Crippen LogP contribution < -0.4 is 5.32 Å². The number of carbonyl (C=O) groups is 1. The van der Waals surface area contributed by atoms with Gasteiger partial charge in [0.1, 0.15) is 6.10 Å². The number of carbonyl (C=O) groups excluding carboxylic acids is 1. The molecule has 0 aliphatic rings. The standard InChI is InChI=1S/C16H21NO2/c1-11(2)16(18)19-13(4)10-17-14(5)15-8-6-12(3)7-9-15/h6-9,13,17H,1,5,10H2,2-4H3. The molecule has 0 amide bonds. The summed E-state index contributed by atoms with van der Waals surface area (Å²) >= 11 is 0. The minimum Gasteiger partial charge on any atom is -0.457 e. The summed E-state index contributed by atoms with van der Waals surface area (Å²) in [5.41, 5.74) is 3.46. The Bertz CT molecular complexity index is 474. The van der Waals surface area contributed by atoms with Crippen LogP contribution in [0.1, 0.15) is 25.0 Å². The number of ether oxygens (including phenoxy) is 1. The van der Waals surface area contributed by atoms with Crippen molar-refractivity contribution in [3.8, 4) is 0 Å². The van der Waals surface area contributed by atoms with Gasteiger partial charge in [0.25, 0.3) is 0 Å². The fraction of sp³-hybridized carbons (Fsp3) is 0.312. The van der Waals surface area contributed by atoms with Crippen LogP contribution in [0, 0.1) is 6.92 Å². The number of hydrogen-bond donors (Lipinski definition) is 1. The molecule has 1 aromatic carbocycles. The summed E-state index contributed by atoms with van der Waals surface area (Å²) in [6.45, 7) is 13.5. The van der Waals surface area contributed by atoms with Crippen molar-refractivity contribution in [1.82, 2.24) is 5.32 Å². The summed E-state index contributed by atoms with van der Waals surface area (Å²) in [5, 5.41) is 3.16. The Morgan fingerprint density at radius 3 is 2.42 bits per heavy atom. The Morgan fingerprint density at radius 1 is 1.32 bits per heavy atom. The highest BCUT2D eigenvalue weighted by Crippen LogP contribution is 2.10.